The van der Waals surface area contributed by atoms with E-state index in [1.807, 2.05) is 20.8 Å². The van der Waals surface area contributed by atoms with Crippen LogP contribution in [0.4, 0.5) is 0 Å². The van der Waals surface area contributed by atoms with E-state index in [1.54, 1.807) is 0 Å². The predicted octanol–water partition coefficient (Wildman–Crippen LogP) is 2.15. The van der Waals surface area contributed by atoms with Crippen molar-refractivity contribution in [3.8, 4) is 0 Å². The molecule has 0 unspecified atom stereocenters. The molecule has 0 aromatic carbocycles. The van der Waals surface area contributed by atoms with E-state index in [0.29, 0.717) is 0 Å². The molecule has 0 saturated heterocycles. The van der Waals surface area contributed by atoms with E-state index in [4.69, 9.17) is 5.41 Å². The lowest BCUT2D eigenvalue weighted by Crippen LogP contribution is -2.09. The van der Waals surface area contributed by atoms with Gasteiger partial charge in [-0.25, -0.2) is 4.99 Å². The van der Waals surface area contributed by atoms with Gasteiger partial charge in [0, 0.05) is 11.5 Å². The van der Waals surface area contributed by atoms with Crippen LogP contribution in [0.5, 0.6) is 0 Å². The minimum atomic E-state index is -0.322. The summed E-state index contributed by atoms with van der Waals surface area (Å²) in [4.78, 5) is 3.34. The first-order valence-corrected chi connectivity index (χ1v) is 3.34. The first-order valence-electron chi connectivity index (χ1n) is 3.34. The van der Waals surface area contributed by atoms with Crippen LogP contribution in [0.3, 0.4) is 0 Å². The molecule has 0 radical (unpaired) electrons. The molecule has 3 heteroatoms. The highest BCUT2D eigenvalue weighted by Gasteiger charge is 2.15. The summed E-state index contributed by atoms with van der Waals surface area (Å²) in [6.45, 7) is 8.73. The molecule has 62 valence electrons. The molecule has 0 heterocycles. The minimum absolute atomic E-state index is 0.0163. The van der Waals surface area contributed by atoms with Crippen molar-refractivity contribution in [1.29, 1.82) is 5.41 Å². The van der Waals surface area contributed by atoms with Crippen LogP contribution in [-0.2, 0) is 0 Å². The predicted molar refractivity (Wildman–Crippen MR) is 47.4 cm³/mol. The zero-order chi connectivity index (χ0) is 9.07. The zero-order valence-electron chi connectivity index (χ0n) is 7.18. The van der Waals surface area contributed by atoms with Gasteiger partial charge >= 0.3 is 0 Å². The molecule has 0 fully saturated rings. The van der Waals surface area contributed by atoms with Crippen LogP contribution in [0.1, 0.15) is 20.8 Å². The molecule has 3 nitrogen and oxygen atoms in total. The summed E-state index contributed by atoms with van der Waals surface area (Å²) >= 11 is 0. The zero-order valence-corrected chi connectivity index (χ0v) is 7.18. The van der Waals surface area contributed by atoms with Gasteiger partial charge < -0.3 is 5.11 Å². The molecule has 0 atom stereocenters. The normalized spacial score (nSPS) is 12.8. The fourth-order valence-corrected chi connectivity index (χ4v) is 0.392. The van der Waals surface area contributed by atoms with Crippen molar-refractivity contribution < 1.29 is 5.11 Å². The Balaban J connectivity index is 4.47. The molecule has 0 aromatic rings. The number of hydrogen-bond acceptors (Lipinski definition) is 2. The lowest BCUT2D eigenvalue weighted by Gasteiger charge is -2.16. The maximum atomic E-state index is 9.32. The van der Waals surface area contributed by atoms with Crippen LogP contribution < -0.4 is 0 Å². The van der Waals surface area contributed by atoms with Crippen LogP contribution >= 0.6 is 0 Å². The van der Waals surface area contributed by atoms with Gasteiger partial charge in [-0.05, 0) is 6.72 Å². The molecule has 0 aliphatic rings. The quantitative estimate of drug-likeness (QED) is 0.339. The molecule has 0 aliphatic carbocycles. The summed E-state index contributed by atoms with van der Waals surface area (Å²) in [7, 11) is 0. The molecule has 0 spiro atoms. The number of aliphatic hydroxyl groups excluding tert-OH is 1. The summed E-state index contributed by atoms with van der Waals surface area (Å²) in [6.07, 6.45) is 1.30. The van der Waals surface area contributed by atoms with Gasteiger partial charge in [-0.3, -0.25) is 5.41 Å². The second-order valence-electron chi connectivity index (χ2n) is 3.32. The van der Waals surface area contributed by atoms with Gasteiger partial charge in [0.2, 0.25) is 0 Å². The number of rotatable bonds is 1. The Morgan fingerprint density at radius 2 is 2.00 bits per heavy atom. The Kier molecular flexibility index (Phi) is 2.99. The number of hydrogen-bond donors (Lipinski definition) is 2. The van der Waals surface area contributed by atoms with E-state index in [2.05, 4.69) is 11.7 Å². The summed E-state index contributed by atoms with van der Waals surface area (Å²) < 4.78 is 0. The first-order chi connectivity index (χ1) is 4.88. The van der Waals surface area contributed by atoms with Crippen LogP contribution in [0.25, 0.3) is 0 Å². The van der Waals surface area contributed by atoms with Gasteiger partial charge in [0.05, 0.1) is 0 Å². The summed E-state index contributed by atoms with van der Waals surface area (Å²) in [6, 6.07) is 0. The van der Waals surface area contributed by atoms with Gasteiger partial charge in [-0.1, -0.05) is 20.8 Å². The molecular weight excluding hydrogens is 140 g/mol. The van der Waals surface area contributed by atoms with Gasteiger partial charge in [-0.2, -0.15) is 0 Å². The minimum Gasteiger partial charge on any atom is -0.512 e. The van der Waals surface area contributed by atoms with Crippen LogP contribution in [-0.4, -0.2) is 17.7 Å². The Hall–Kier alpha value is -1.12. The van der Waals surface area contributed by atoms with E-state index >= 15 is 0 Å². The Bertz CT molecular complexity index is 199. The SMILES string of the molecule is C=NC(=N)/C=C(\O)C(C)(C)C. The lowest BCUT2D eigenvalue weighted by molar-refractivity contribution is 0.278. The van der Waals surface area contributed by atoms with Crippen molar-refractivity contribution in [2.45, 2.75) is 20.8 Å². The molecule has 11 heavy (non-hydrogen) atoms. The van der Waals surface area contributed by atoms with Crippen molar-refractivity contribution in [3.63, 3.8) is 0 Å². The van der Waals surface area contributed by atoms with E-state index in [1.165, 1.54) is 6.08 Å². The molecule has 0 aromatic heterocycles. The van der Waals surface area contributed by atoms with Crippen molar-refractivity contribution in [1.82, 2.24) is 0 Å². The fourth-order valence-electron chi connectivity index (χ4n) is 0.392. The highest BCUT2D eigenvalue weighted by atomic mass is 16.3. The van der Waals surface area contributed by atoms with Crippen molar-refractivity contribution in [2.24, 2.45) is 10.4 Å². The third-order valence-corrected chi connectivity index (χ3v) is 1.21. The number of nitrogens with one attached hydrogen (secondary N) is 1. The maximum absolute atomic E-state index is 9.32. The number of aliphatic imine (C=N–C) groups is 1. The Morgan fingerprint density at radius 1 is 1.55 bits per heavy atom. The topological polar surface area (TPSA) is 56.4 Å². The highest BCUT2D eigenvalue weighted by Crippen LogP contribution is 2.22. The van der Waals surface area contributed by atoms with E-state index in [0.717, 1.165) is 0 Å². The number of allylic oxidation sites excluding steroid dienone is 1. The molecule has 0 rings (SSSR count). The van der Waals surface area contributed by atoms with Gasteiger partial charge in [0.1, 0.15) is 11.6 Å². The third-order valence-electron chi connectivity index (χ3n) is 1.21. The number of amidine groups is 1. The van der Waals surface area contributed by atoms with Crippen LogP contribution in [0, 0.1) is 10.8 Å². The van der Waals surface area contributed by atoms with Gasteiger partial charge in [-0.15, -0.1) is 0 Å². The van der Waals surface area contributed by atoms with E-state index < -0.39 is 0 Å². The molecule has 2 N–H and O–H groups in total. The maximum Gasteiger partial charge on any atom is 0.147 e. The molecule has 0 aliphatic heterocycles. The second kappa shape index (κ2) is 3.32. The summed E-state index contributed by atoms with van der Waals surface area (Å²) in [5.41, 5.74) is -0.322. The monoisotopic (exact) mass is 154 g/mol. The van der Waals surface area contributed by atoms with Crippen molar-refractivity contribution in [3.05, 3.63) is 11.8 Å². The van der Waals surface area contributed by atoms with Crippen LogP contribution in [0.2, 0.25) is 0 Å². The molecular formula is C8H14N2O. The van der Waals surface area contributed by atoms with E-state index in [9.17, 15) is 5.11 Å². The van der Waals surface area contributed by atoms with Crippen LogP contribution in [0.15, 0.2) is 16.8 Å². The average molecular weight is 154 g/mol. The van der Waals surface area contributed by atoms with Crippen molar-refractivity contribution in [2.75, 3.05) is 0 Å². The Labute approximate surface area is 67.0 Å². The summed E-state index contributed by atoms with van der Waals surface area (Å²) in [5.74, 6) is 0.132. The standard InChI is InChI=1S/C8H14N2O/c1-8(2,3)6(11)5-7(9)10-4/h5,9,11H,4H2,1-3H3/b6-5-,9-7?. The van der Waals surface area contributed by atoms with Gasteiger partial charge in [0.15, 0.2) is 0 Å². The average Bonchev–Trinajstić information content (AvgIpc) is 1.85. The Morgan fingerprint density at radius 3 is 2.27 bits per heavy atom. The summed E-state index contributed by atoms with van der Waals surface area (Å²) in [5, 5.41) is 16.4. The number of aliphatic hydroxyl groups is 1. The number of nitrogens with zero attached hydrogens (tertiary/aromatic N) is 1. The van der Waals surface area contributed by atoms with Gasteiger partial charge in [0.25, 0.3) is 0 Å². The van der Waals surface area contributed by atoms with E-state index in [-0.39, 0.29) is 17.0 Å². The molecule has 0 bridgehead atoms. The molecule has 0 saturated carbocycles. The highest BCUT2D eigenvalue weighted by molar-refractivity contribution is 5.93. The molecule has 0 amide bonds. The van der Waals surface area contributed by atoms with Crippen molar-refractivity contribution >= 4 is 12.6 Å². The smallest absolute Gasteiger partial charge is 0.147 e. The fraction of sp³-hybridized carbons (Fsp3) is 0.500. The lowest BCUT2D eigenvalue weighted by atomic mass is 9.93. The largest absolute Gasteiger partial charge is 0.512 e. The third kappa shape index (κ3) is 3.55. The second-order valence-corrected chi connectivity index (χ2v) is 3.32. The first kappa shape index (κ1) is 9.88.